The summed E-state index contributed by atoms with van der Waals surface area (Å²) < 4.78 is 10.7. The predicted octanol–water partition coefficient (Wildman–Crippen LogP) is 4.52. The Balaban J connectivity index is 2.04. The second kappa shape index (κ2) is 8.52. The van der Waals surface area contributed by atoms with Gasteiger partial charge in [0.2, 0.25) is 0 Å². The van der Waals surface area contributed by atoms with Crippen LogP contribution in [0.15, 0.2) is 53.4 Å². The summed E-state index contributed by atoms with van der Waals surface area (Å²) in [4.78, 5) is 28.1. The summed E-state index contributed by atoms with van der Waals surface area (Å²) in [5, 5.41) is 0.162. The topological polar surface area (TPSA) is 55.8 Å². The molecule has 0 unspecified atom stereocenters. The average molecular weight is 397 g/mol. The largest absolute Gasteiger partial charge is 0.497 e. The molecule has 0 saturated carbocycles. The van der Waals surface area contributed by atoms with Crippen LogP contribution >= 0.6 is 11.8 Å². The van der Waals surface area contributed by atoms with Gasteiger partial charge >= 0.3 is 0 Å². The Kier molecular flexibility index (Phi) is 6.09. The quantitative estimate of drug-likeness (QED) is 0.643. The first-order valence-corrected chi connectivity index (χ1v) is 10.0. The number of ether oxygens (including phenoxy) is 2. The monoisotopic (exact) mass is 397 g/mol. The maximum Gasteiger partial charge on any atom is 0.272 e. The van der Waals surface area contributed by atoms with Gasteiger partial charge in [0.25, 0.3) is 11.8 Å². The molecule has 3 rings (SSSR count). The van der Waals surface area contributed by atoms with Crippen molar-refractivity contribution in [3.05, 3.63) is 59.0 Å². The molecule has 2 aromatic rings. The third-order valence-electron chi connectivity index (χ3n) is 4.16. The Morgan fingerprint density at radius 2 is 1.71 bits per heavy atom. The molecule has 146 valence electrons. The number of amides is 2. The average Bonchev–Trinajstić information content (AvgIpc) is 2.92. The lowest BCUT2D eigenvalue weighted by molar-refractivity contribution is -0.119. The summed E-state index contributed by atoms with van der Waals surface area (Å²) in [6.45, 7) is 6.48. The fraction of sp³-hybridized carbons (Fsp3) is 0.273. The molecule has 0 N–H and O–H groups in total. The Morgan fingerprint density at radius 1 is 1.00 bits per heavy atom. The molecule has 0 radical (unpaired) electrons. The molecule has 0 spiro atoms. The van der Waals surface area contributed by atoms with Crippen LogP contribution < -0.4 is 14.4 Å². The van der Waals surface area contributed by atoms with E-state index in [-0.39, 0.29) is 17.1 Å². The van der Waals surface area contributed by atoms with Gasteiger partial charge in [-0.3, -0.25) is 9.59 Å². The maximum absolute atomic E-state index is 13.3. The predicted molar refractivity (Wildman–Crippen MR) is 113 cm³/mol. The molecule has 5 nitrogen and oxygen atoms in total. The first-order valence-electron chi connectivity index (χ1n) is 9.13. The van der Waals surface area contributed by atoms with E-state index in [0.29, 0.717) is 34.1 Å². The van der Waals surface area contributed by atoms with E-state index in [1.807, 2.05) is 45.0 Å². The second-order valence-electron chi connectivity index (χ2n) is 6.48. The van der Waals surface area contributed by atoms with Crippen LogP contribution in [-0.2, 0) is 9.59 Å². The van der Waals surface area contributed by atoms with E-state index in [0.717, 1.165) is 5.75 Å². The third kappa shape index (κ3) is 3.92. The van der Waals surface area contributed by atoms with Crippen LogP contribution in [0.3, 0.4) is 0 Å². The number of carbonyl (C=O) groups excluding carboxylic acids is 2. The van der Waals surface area contributed by atoms with Gasteiger partial charge in [-0.15, -0.1) is 11.8 Å². The Hall–Kier alpha value is -2.73. The van der Waals surface area contributed by atoms with Crippen LogP contribution in [0, 0.1) is 0 Å². The number of benzene rings is 2. The van der Waals surface area contributed by atoms with Gasteiger partial charge in [-0.2, -0.15) is 0 Å². The van der Waals surface area contributed by atoms with Gasteiger partial charge in [-0.05, 0) is 36.8 Å². The van der Waals surface area contributed by atoms with Crippen molar-refractivity contribution in [3.63, 3.8) is 0 Å². The van der Waals surface area contributed by atoms with E-state index in [1.54, 1.807) is 31.4 Å². The van der Waals surface area contributed by atoms with Gasteiger partial charge in [-0.1, -0.05) is 32.0 Å². The van der Waals surface area contributed by atoms with Gasteiger partial charge in [0, 0.05) is 11.3 Å². The van der Waals surface area contributed by atoms with Crippen LogP contribution in [0.4, 0.5) is 5.69 Å². The van der Waals surface area contributed by atoms with Crippen molar-refractivity contribution in [1.82, 2.24) is 0 Å². The summed E-state index contributed by atoms with van der Waals surface area (Å²) in [5.41, 5.74) is 1.63. The summed E-state index contributed by atoms with van der Waals surface area (Å²) in [5.74, 6) is 0.684. The summed E-state index contributed by atoms with van der Waals surface area (Å²) >= 11 is 1.40. The zero-order chi connectivity index (χ0) is 20.3. The zero-order valence-corrected chi connectivity index (χ0v) is 17.2. The molecular weight excluding hydrogens is 374 g/mol. The van der Waals surface area contributed by atoms with Crippen LogP contribution in [0.1, 0.15) is 26.3 Å². The van der Waals surface area contributed by atoms with Crippen molar-refractivity contribution in [2.24, 2.45) is 0 Å². The minimum absolute atomic E-state index is 0.162. The van der Waals surface area contributed by atoms with Crippen LogP contribution in [0.25, 0.3) is 5.57 Å². The molecule has 0 fully saturated rings. The number of hydrogen-bond acceptors (Lipinski definition) is 5. The normalized spacial score (nSPS) is 14.2. The van der Waals surface area contributed by atoms with Crippen LogP contribution in [0.5, 0.6) is 11.5 Å². The molecule has 1 aliphatic rings. The van der Waals surface area contributed by atoms with Crippen molar-refractivity contribution >= 4 is 34.8 Å². The molecule has 0 aromatic heterocycles. The summed E-state index contributed by atoms with van der Waals surface area (Å²) in [6, 6.07) is 14.2. The van der Waals surface area contributed by atoms with E-state index >= 15 is 0 Å². The third-order valence-corrected chi connectivity index (χ3v) is 5.25. The molecule has 1 heterocycles. The van der Waals surface area contributed by atoms with Crippen molar-refractivity contribution in [1.29, 1.82) is 0 Å². The highest BCUT2D eigenvalue weighted by molar-refractivity contribution is 8.04. The summed E-state index contributed by atoms with van der Waals surface area (Å²) in [7, 11) is 1.55. The number of thioether (sulfide) groups is 1. The fourth-order valence-electron chi connectivity index (χ4n) is 2.98. The Morgan fingerprint density at radius 3 is 2.32 bits per heavy atom. The lowest BCUT2D eigenvalue weighted by Gasteiger charge is -2.16. The Labute approximate surface area is 169 Å². The molecular formula is C22H23NO4S. The van der Waals surface area contributed by atoms with E-state index in [4.69, 9.17) is 9.47 Å². The lowest BCUT2D eigenvalue weighted by Crippen LogP contribution is -2.31. The van der Waals surface area contributed by atoms with E-state index in [9.17, 15) is 9.59 Å². The van der Waals surface area contributed by atoms with Crippen LogP contribution in [0.2, 0.25) is 0 Å². The van der Waals surface area contributed by atoms with Crippen molar-refractivity contribution in [2.75, 3.05) is 18.6 Å². The minimum Gasteiger partial charge on any atom is -0.497 e. The first-order chi connectivity index (χ1) is 13.5. The van der Waals surface area contributed by atoms with Gasteiger partial charge in [0.1, 0.15) is 11.5 Å². The second-order valence-corrected chi connectivity index (χ2v) is 8.06. The number of carbonyl (C=O) groups is 2. The molecule has 0 bridgehead atoms. The highest BCUT2D eigenvalue weighted by atomic mass is 32.2. The van der Waals surface area contributed by atoms with Gasteiger partial charge in [-0.25, -0.2) is 4.90 Å². The molecule has 0 saturated heterocycles. The van der Waals surface area contributed by atoms with E-state index in [1.165, 1.54) is 16.7 Å². The highest BCUT2D eigenvalue weighted by Crippen LogP contribution is 2.40. The molecule has 28 heavy (non-hydrogen) atoms. The van der Waals surface area contributed by atoms with E-state index in [2.05, 4.69) is 0 Å². The number of anilines is 1. The fourth-order valence-corrected chi connectivity index (χ4v) is 3.96. The molecule has 0 atom stereocenters. The van der Waals surface area contributed by atoms with Crippen molar-refractivity contribution in [2.45, 2.75) is 26.0 Å². The number of nitrogens with zero attached hydrogens (tertiary/aromatic N) is 1. The van der Waals surface area contributed by atoms with Gasteiger partial charge in [0.05, 0.1) is 29.9 Å². The SMILES string of the molecule is CCOc1ccc(C2=C(SC(C)C)C(=O)N(c3cccc(OC)c3)C2=O)cc1. The highest BCUT2D eigenvalue weighted by Gasteiger charge is 2.40. The molecule has 1 aliphatic heterocycles. The van der Waals surface area contributed by atoms with E-state index < -0.39 is 0 Å². The minimum atomic E-state index is -0.328. The number of rotatable bonds is 7. The number of hydrogen-bond donors (Lipinski definition) is 0. The van der Waals surface area contributed by atoms with Gasteiger partial charge < -0.3 is 9.47 Å². The molecule has 6 heteroatoms. The summed E-state index contributed by atoms with van der Waals surface area (Å²) in [6.07, 6.45) is 0. The zero-order valence-electron chi connectivity index (χ0n) is 16.4. The van der Waals surface area contributed by atoms with Gasteiger partial charge in [0.15, 0.2) is 0 Å². The smallest absolute Gasteiger partial charge is 0.272 e. The number of imide groups is 1. The Bertz CT molecular complexity index is 918. The van der Waals surface area contributed by atoms with Crippen molar-refractivity contribution in [3.8, 4) is 11.5 Å². The van der Waals surface area contributed by atoms with Crippen LogP contribution in [-0.4, -0.2) is 30.8 Å². The first kappa shape index (κ1) is 20.0. The maximum atomic E-state index is 13.3. The standard InChI is InChI=1S/C22H23NO4S/c1-5-27-17-11-9-15(10-12-17)19-20(28-14(2)3)22(25)23(21(19)24)16-7-6-8-18(13-16)26-4/h6-14H,5H2,1-4H3. The molecule has 0 aliphatic carbocycles. The number of methoxy groups -OCH3 is 1. The molecule has 2 amide bonds. The van der Waals surface area contributed by atoms with Crippen molar-refractivity contribution < 1.29 is 19.1 Å². The lowest BCUT2D eigenvalue weighted by atomic mass is 10.1. The molecule has 2 aromatic carbocycles.